The summed E-state index contributed by atoms with van der Waals surface area (Å²) in [5, 5.41) is 3.45. The van der Waals surface area contributed by atoms with Gasteiger partial charge in [0.1, 0.15) is 18.3 Å². The van der Waals surface area contributed by atoms with Crippen LogP contribution in [0.25, 0.3) is 0 Å². The Morgan fingerprint density at radius 2 is 1.52 bits per heavy atom. The first-order valence-electron chi connectivity index (χ1n) is 14.8. The van der Waals surface area contributed by atoms with Gasteiger partial charge < -0.3 is 15.0 Å². The zero-order valence-corrected chi connectivity index (χ0v) is 29.1. The van der Waals surface area contributed by atoms with Gasteiger partial charge in [-0.3, -0.25) is 13.9 Å². The van der Waals surface area contributed by atoms with Crippen LogP contribution in [-0.4, -0.2) is 50.9 Å². The van der Waals surface area contributed by atoms with Crippen molar-refractivity contribution >= 4 is 55.1 Å². The van der Waals surface area contributed by atoms with Crippen molar-refractivity contribution in [1.82, 2.24) is 10.2 Å². The fraction of sp³-hybridized carbons (Fsp3) is 0.257. The van der Waals surface area contributed by atoms with Crippen LogP contribution < -0.4 is 14.4 Å². The van der Waals surface area contributed by atoms with Crippen LogP contribution in [0, 0.1) is 0 Å². The van der Waals surface area contributed by atoms with Crippen molar-refractivity contribution in [3.05, 3.63) is 124 Å². The van der Waals surface area contributed by atoms with E-state index in [4.69, 9.17) is 16.3 Å². The summed E-state index contributed by atoms with van der Waals surface area (Å²) >= 11 is 9.59. The fourth-order valence-corrected chi connectivity index (χ4v) is 6.60. The van der Waals surface area contributed by atoms with Crippen molar-refractivity contribution in [2.45, 2.75) is 50.2 Å². The Kier molecular flexibility index (Phi) is 12.3. The van der Waals surface area contributed by atoms with Crippen LogP contribution in [0.3, 0.4) is 0 Å². The molecule has 0 bridgehead atoms. The number of benzene rings is 4. The number of carbonyl (C=O) groups is 2. The maximum atomic E-state index is 14.5. The molecule has 0 saturated carbocycles. The van der Waals surface area contributed by atoms with E-state index in [0.29, 0.717) is 17.2 Å². The van der Waals surface area contributed by atoms with Crippen molar-refractivity contribution in [3.63, 3.8) is 0 Å². The van der Waals surface area contributed by atoms with Gasteiger partial charge in [0.05, 0.1) is 17.7 Å². The lowest BCUT2D eigenvalue weighted by Gasteiger charge is -2.34. The molecule has 0 aliphatic heterocycles. The first kappa shape index (κ1) is 35.0. The third-order valence-electron chi connectivity index (χ3n) is 7.58. The molecule has 4 aromatic carbocycles. The van der Waals surface area contributed by atoms with Crippen LogP contribution in [-0.2, 0) is 32.6 Å². The molecule has 2 atom stereocenters. The van der Waals surface area contributed by atoms with Crippen LogP contribution in [0.1, 0.15) is 31.4 Å². The molecule has 0 spiro atoms. The Morgan fingerprint density at radius 1 is 0.891 bits per heavy atom. The van der Waals surface area contributed by atoms with Crippen LogP contribution in [0.5, 0.6) is 5.75 Å². The predicted octanol–water partition coefficient (Wildman–Crippen LogP) is 6.86. The molecule has 11 heteroatoms. The van der Waals surface area contributed by atoms with Crippen molar-refractivity contribution in [2.24, 2.45) is 0 Å². The van der Waals surface area contributed by atoms with Gasteiger partial charge in [0.2, 0.25) is 11.8 Å². The highest BCUT2D eigenvalue weighted by Crippen LogP contribution is 2.27. The highest BCUT2D eigenvalue weighted by Gasteiger charge is 2.35. The van der Waals surface area contributed by atoms with Gasteiger partial charge >= 0.3 is 0 Å². The molecule has 0 aliphatic carbocycles. The molecule has 4 rings (SSSR count). The minimum atomic E-state index is -4.25. The molecule has 0 saturated heterocycles. The number of sulfonamides is 1. The van der Waals surface area contributed by atoms with Crippen molar-refractivity contribution < 1.29 is 22.7 Å². The van der Waals surface area contributed by atoms with Crippen LogP contribution in [0.2, 0.25) is 5.02 Å². The molecule has 0 unspecified atom stereocenters. The second kappa shape index (κ2) is 16.1. The Hall–Kier alpha value is -3.86. The minimum absolute atomic E-state index is 0.0224. The Balaban J connectivity index is 1.80. The maximum Gasteiger partial charge on any atom is 0.264 e. The van der Waals surface area contributed by atoms with E-state index in [1.165, 1.54) is 24.1 Å². The SMILES string of the molecule is CC[C@H](C)NC(=O)[C@@H](Cc1ccccc1)N(Cc1ccc(Br)cc1)C(=O)CN(c1ccc(Cl)cc1)S(=O)(=O)c1ccc(OC)cc1. The molecule has 2 amide bonds. The second-order valence-corrected chi connectivity index (χ2v) is 14.0. The number of anilines is 1. The Bertz CT molecular complexity index is 1700. The average molecular weight is 727 g/mol. The normalized spacial score (nSPS) is 12.5. The van der Waals surface area contributed by atoms with Gasteiger partial charge in [0, 0.05) is 28.5 Å². The third-order valence-corrected chi connectivity index (χ3v) is 10.1. The van der Waals surface area contributed by atoms with E-state index in [-0.39, 0.29) is 35.5 Å². The number of methoxy groups -OCH3 is 1. The number of amides is 2. The number of nitrogens with zero attached hydrogens (tertiary/aromatic N) is 2. The summed E-state index contributed by atoms with van der Waals surface area (Å²) in [4.78, 5) is 29.9. The predicted molar refractivity (Wildman–Crippen MR) is 185 cm³/mol. The average Bonchev–Trinajstić information content (AvgIpc) is 3.06. The zero-order chi connectivity index (χ0) is 33.3. The number of nitrogens with one attached hydrogen (secondary N) is 1. The Labute approximate surface area is 284 Å². The van der Waals surface area contributed by atoms with Gasteiger partial charge in [-0.2, -0.15) is 0 Å². The first-order chi connectivity index (χ1) is 22.0. The number of rotatable bonds is 14. The molecule has 1 N–H and O–H groups in total. The number of halogens is 2. The molecule has 0 aliphatic rings. The summed E-state index contributed by atoms with van der Waals surface area (Å²) < 4.78 is 35.4. The highest BCUT2D eigenvalue weighted by molar-refractivity contribution is 9.10. The minimum Gasteiger partial charge on any atom is -0.497 e. The summed E-state index contributed by atoms with van der Waals surface area (Å²) in [7, 11) is -2.75. The molecule has 0 radical (unpaired) electrons. The molecule has 0 fully saturated rings. The lowest BCUT2D eigenvalue weighted by atomic mass is 10.0. The van der Waals surface area contributed by atoms with E-state index in [1.54, 1.807) is 36.4 Å². The molecule has 0 heterocycles. The molecule has 0 aromatic heterocycles. The van der Waals surface area contributed by atoms with Gasteiger partial charge in [-0.1, -0.05) is 76.9 Å². The van der Waals surface area contributed by atoms with Crippen LogP contribution in [0.4, 0.5) is 5.69 Å². The number of carbonyl (C=O) groups excluding carboxylic acids is 2. The first-order valence-corrected chi connectivity index (χ1v) is 17.4. The van der Waals surface area contributed by atoms with E-state index in [9.17, 15) is 18.0 Å². The van der Waals surface area contributed by atoms with Crippen molar-refractivity contribution in [2.75, 3.05) is 18.0 Å². The monoisotopic (exact) mass is 725 g/mol. The van der Waals surface area contributed by atoms with Gasteiger partial charge in [0.15, 0.2) is 0 Å². The second-order valence-electron chi connectivity index (χ2n) is 10.8. The summed E-state index contributed by atoms with van der Waals surface area (Å²) in [6.45, 7) is 3.39. The van der Waals surface area contributed by atoms with E-state index in [1.807, 2.05) is 68.4 Å². The van der Waals surface area contributed by atoms with E-state index in [2.05, 4.69) is 21.2 Å². The summed E-state index contributed by atoms with van der Waals surface area (Å²) in [5.41, 5.74) is 1.89. The molecule has 46 heavy (non-hydrogen) atoms. The fourth-order valence-electron chi connectivity index (χ4n) is 4.79. The summed E-state index contributed by atoms with van der Waals surface area (Å²) in [6, 6.07) is 28.0. The molecule has 8 nitrogen and oxygen atoms in total. The maximum absolute atomic E-state index is 14.5. The lowest BCUT2D eigenvalue weighted by Crippen LogP contribution is -2.54. The lowest BCUT2D eigenvalue weighted by molar-refractivity contribution is -0.140. The largest absolute Gasteiger partial charge is 0.497 e. The number of hydrogen-bond acceptors (Lipinski definition) is 5. The summed E-state index contributed by atoms with van der Waals surface area (Å²) in [6.07, 6.45) is 0.937. The zero-order valence-electron chi connectivity index (χ0n) is 25.9. The molecular formula is C35H37BrClN3O5S. The van der Waals surface area contributed by atoms with Crippen molar-refractivity contribution in [1.29, 1.82) is 0 Å². The van der Waals surface area contributed by atoms with Gasteiger partial charge in [0.25, 0.3) is 10.0 Å². The topological polar surface area (TPSA) is 96.0 Å². The van der Waals surface area contributed by atoms with E-state index in [0.717, 1.165) is 19.9 Å². The molecule has 242 valence electrons. The van der Waals surface area contributed by atoms with E-state index >= 15 is 0 Å². The van der Waals surface area contributed by atoms with Gasteiger partial charge in [-0.25, -0.2) is 8.42 Å². The van der Waals surface area contributed by atoms with Crippen molar-refractivity contribution in [3.8, 4) is 5.75 Å². The summed E-state index contributed by atoms with van der Waals surface area (Å²) in [5.74, 6) is -0.375. The third kappa shape index (κ3) is 9.11. The Morgan fingerprint density at radius 3 is 2.11 bits per heavy atom. The number of hydrogen-bond donors (Lipinski definition) is 1. The van der Waals surface area contributed by atoms with Gasteiger partial charge in [-0.15, -0.1) is 0 Å². The van der Waals surface area contributed by atoms with Gasteiger partial charge in [-0.05, 0) is 85.1 Å². The number of ether oxygens (including phenoxy) is 1. The smallest absolute Gasteiger partial charge is 0.264 e. The van der Waals surface area contributed by atoms with Crippen LogP contribution >= 0.6 is 27.5 Å². The standard InChI is InChI=1S/C35H37BrClN3O5S/c1-4-25(2)38-35(42)33(22-26-8-6-5-7-9-26)39(23-27-10-12-28(36)13-11-27)34(41)24-40(30-16-14-29(37)15-17-30)46(43,44)32-20-18-31(45-3)19-21-32/h5-21,25,33H,4,22-24H2,1-3H3,(H,38,42)/t25-,33+/m0/s1. The van der Waals surface area contributed by atoms with Crippen LogP contribution in [0.15, 0.2) is 112 Å². The molecular weight excluding hydrogens is 690 g/mol. The molecule has 4 aromatic rings. The van der Waals surface area contributed by atoms with E-state index < -0.39 is 28.5 Å². The highest BCUT2D eigenvalue weighted by atomic mass is 79.9. The quantitative estimate of drug-likeness (QED) is 0.153.